The fourth-order valence-corrected chi connectivity index (χ4v) is 2.75. The van der Waals surface area contributed by atoms with Crippen LogP contribution in [0.3, 0.4) is 0 Å². The number of nitrogens with zero attached hydrogens (tertiary/aromatic N) is 1. The molecule has 1 rings (SSSR count). The van der Waals surface area contributed by atoms with Gasteiger partial charge < -0.3 is 10.1 Å². The van der Waals surface area contributed by atoms with Crippen molar-refractivity contribution in [2.75, 3.05) is 32.8 Å². The normalized spacial score (nSPS) is 26.1. The monoisotopic (exact) mass is 270 g/mol. The van der Waals surface area contributed by atoms with Crippen molar-refractivity contribution < 1.29 is 4.74 Å². The van der Waals surface area contributed by atoms with E-state index in [9.17, 15) is 0 Å². The third-order valence-corrected chi connectivity index (χ3v) is 3.80. The predicted octanol–water partition coefficient (Wildman–Crippen LogP) is 2.76. The van der Waals surface area contributed by atoms with Crippen LogP contribution in [0.5, 0.6) is 0 Å². The summed E-state index contributed by atoms with van der Waals surface area (Å²) in [6.45, 7) is 16.5. The van der Waals surface area contributed by atoms with Crippen molar-refractivity contribution in [3.63, 3.8) is 0 Å². The molecule has 1 saturated heterocycles. The molecule has 3 heteroatoms. The third-order valence-electron chi connectivity index (χ3n) is 3.80. The van der Waals surface area contributed by atoms with Gasteiger partial charge in [-0.25, -0.2) is 0 Å². The Bertz CT molecular complexity index is 231. The lowest BCUT2D eigenvalue weighted by Crippen LogP contribution is -2.42. The first-order chi connectivity index (χ1) is 8.99. The van der Waals surface area contributed by atoms with Crippen LogP contribution in [0.15, 0.2) is 0 Å². The highest BCUT2D eigenvalue weighted by Crippen LogP contribution is 2.13. The van der Waals surface area contributed by atoms with E-state index in [1.165, 1.54) is 19.4 Å². The summed E-state index contributed by atoms with van der Waals surface area (Å²) in [5.74, 6) is 1.40. The highest BCUT2D eigenvalue weighted by molar-refractivity contribution is 4.81. The summed E-state index contributed by atoms with van der Waals surface area (Å²) >= 11 is 0. The molecule has 0 aromatic rings. The van der Waals surface area contributed by atoms with Gasteiger partial charge in [0.05, 0.1) is 6.61 Å². The molecule has 0 radical (unpaired) electrons. The van der Waals surface area contributed by atoms with Gasteiger partial charge in [-0.2, -0.15) is 0 Å². The van der Waals surface area contributed by atoms with E-state index in [0.717, 1.165) is 32.2 Å². The Labute approximate surface area is 120 Å². The molecule has 0 aromatic heterocycles. The van der Waals surface area contributed by atoms with E-state index < -0.39 is 0 Å². The average molecular weight is 270 g/mol. The maximum atomic E-state index is 5.74. The van der Waals surface area contributed by atoms with Crippen LogP contribution in [0, 0.1) is 11.8 Å². The summed E-state index contributed by atoms with van der Waals surface area (Å²) in [6.07, 6.45) is 2.52. The van der Waals surface area contributed by atoms with Gasteiger partial charge in [0.1, 0.15) is 0 Å². The van der Waals surface area contributed by atoms with Gasteiger partial charge in [-0.15, -0.1) is 0 Å². The Hall–Kier alpha value is -0.120. The van der Waals surface area contributed by atoms with E-state index >= 15 is 0 Å². The molecular weight excluding hydrogens is 236 g/mol. The molecule has 0 aliphatic carbocycles. The Morgan fingerprint density at radius 2 is 1.95 bits per heavy atom. The maximum absolute atomic E-state index is 5.74. The van der Waals surface area contributed by atoms with Gasteiger partial charge in [-0.1, -0.05) is 27.7 Å². The second kappa shape index (κ2) is 8.93. The molecule has 0 spiro atoms. The summed E-state index contributed by atoms with van der Waals surface area (Å²) in [5, 5.41) is 3.70. The fraction of sp³-hybridized carbons (Fsp3) is 1.00. The van der Waals surface area contributed by atoms with Crippen LogP contribution in [-0.4, -0.2) is 49.8 Å². The van der Waals surface area contributed by atoms with Crippen LogP contribution in [-0.2, 0) is 4.74 Å². The van der Waals surface area contributed by atoms with Gasteiger partial charge in [0.15, 0.2) is 0 Å². The van der Waals surface area contributed by atoms with Crippen LogP contribution in [0.1, 0.15) is 47.5 Å². The smallest absolute Gasteiger partial charge is 0.0593 e. The van der Waals surface area contributed by atoms with E-state index in [1.54, 1.807) is 0 Å². The van der Waals surface area contributed by atoms with E-state index in [-0.39, 0.29) is 0 Å². The summed E-state index contributed by atoms with van der Waals surface area (Å²) in [5.41, 5.74) is 0. The highest BCUT2D eigenvalue weighted by Gasteiger charge is 2.22. The first-order valence-corrected chi connectivity index (χ1v) is 8.04. The van der Waals surface area contributed by atoms with Crippen molar-refractivity contribution in [3.05, 3.63) is 0 Å². The molecule has 1 aliphatic rings. The minimum atomic E-state index is 0.636. The number of rotatable bonds is 7. The van der Waals surface area contributed by atoms with Crippen LogP contribution >= 0.6 is 0 Å². The van der Waals surface area contributed by atoms with Gasteiger partial charge in [-0.05, 0) is 38.1 Å². The molecule has 0 saturated carbocycles. The predicted molar refractivity (Wildman–Crippen MR) is 82.6 cm³/mol. The first-order valence-electron chi connectivity index (χ1n) is 8.04. The molecule has 19 heavy (non-hydrogen) atoms. The third kappa shape index (κ3) is 7.28. The summed E-state index contributed by atoms with van der Waals surface area (Å²) in [7, 11) is 0. The quantitative estimate of drug-likeness (QED) is 0.720. The zero-order valence-electron chi connectivity index (χ0n) is 13.6. The molecule has 1 N–H and O–H groups in total. The molecule has 1 heterocycles. The average Bonchev–Trinajstić information content (AvgIpc) is 2.46. The summed E-state index contributed by atoms with van der Waals surface area (Å²) < 4.78 is 5.74. The van der Waals surface area contributed by atoms with Gasteiger partial charge in [0, 0.05) is 31.8 Å². The standard InChI is InChI=1S/C16H34N2O/c1-13(2)10-16-11-18(15(5)6-7-17-16)8-9-19-12-14(3)4/h13-17H,6-12H2,1-5H3. The Kier molecular flexibility index (Phi) is 7.96. The Balaban J connectivity index is 2.34. The van der Waals surface area contributed by atoms with Gasteiger partial charge in [0.25, 0.3) is 0 Å². The minimum absolute atomic E-state index is 0.636. The molecule has 114 valence electrons. The highest BCUT2D eigenvalue weighted by atomic mass is 16.5. The largest absolute Gasteiger partial charge is 0.380 e. The van der Waals surface area contributed by atoms with E-state index in [1.807, 2.05) is 0 Å². The summed E-state index contributed by atoms with van der Waals surface area (Å²) in [4.78, 5) is 2.60. The second-order valence-corrected chi connectivity index (χ2v) is 6.88. The Morgan fingerprint density at radius 3 is 2.58 bits per heavy atom. The van der Waals surface area contributed by atoms with Crippen molar-refractivity contribution in [2.45, 2.75) is 59.5 Å². The van der Waals surface area contributed by atoms with Crippen LogP contribution < -0.4 is 5.32 Å². The van der Waals surface area contributed by atoms with Gasteiger partial charge in [0.2, 0.25) is 0 Å². The first kappa shape index (κ1) is 16.9. The number of hydrogen-bond donors (Lipinski definition) is 1. The van der Waals surface area contributed by atoms with E-state index in [0.29, 0.717) is 18.0 Å². The molecule has 0 amide bonds. The zero-order chi connectivity index (χ0) is 14.3. The lowest BCUT2D eigenvalue weighted by molar-refractivity contribution is 0.0730. The fourth-order valence-electron chi connectivity index (χ4n) is 2.75. The summed E-state index contributed by atoms with van der Waals surface area (Å²) in [6, 6.07) is 1.32. The Morgan fingerprint density at radius 1 is 1.21 bits per heavy atom. The molecule has 2 unspecified atom stereocenters. The maximum Gasteiger partial charge on any atom is 0.0593 e. The molecule has 1 aliphatic heterocycles. The van der Waals surface area contributed by atoms with Crippen LogP contribution in [0.2, 0.25) is 0 Å². The molecule has 0 bridgehead atoms. The molecular formula is C16H34N2O. The van der Waals surface area contributed by atoms with Crippen molar-refractivity contribution in [1.82, 2.24) is 10.2 Å². The molecule has 2 atom stereocenters. The molecule has 3 nitrogen and oxygen atoms in total. The van der Waals surface area contributed by atoms with Crippen molar-refractivity contribution in [3.8, 4) is 0 Å². The van der Waals surface area contributed by atoms with Crippen molar-refractivity contribution in [1.29, 1.82) is 0 Å². The van der Waals surface area contributed by atoms with Gasteiger partial charge >= 0.3 is 0 Å². The van der Waals surface area contributed by atoms with Gasteiger partial charge in [-0.3, -0.25) is 4.90 Å². The van der Waals surface area contributed by atoms with E-state index in [4.69, 9.17) is 4.74 Å². The topological polar surface area (TPSA) is 24.5 Å². The van der Waals surface area contributed by atoms with Crippen molar-refractivity contribution in [2.24, 2.45) is 11.8 Å². The van der Waals surface area contributed by atoms with Crippen molar-refractivity contribution >= 4 is 0 Å². The van der Waals surface area contributed by atoms with E-state index in [2.05, 4.69) is 44.8 Å². The number of nitrogens with one attached hydrogen (secondary N) is 1. The van der Waals surface area contributed by atoms with Crippen LogP contribution in [0.4, 0.5) is 0 Å². The molecule has 0 aromatic carbocycles. The number of hydrogen-bond acceptors (Lipinski definition) is 3. The lowest BCUT2D eigenvalue weighted by atomic mass is 10.0. The SMILES string of the molecule is CC(C)COCCN1CC(CC(C)C)NCCC1C. The minimum Gasteiger partial charge on any atom is -0.380 e. The zero-order valence-corrected chi connectivity index (χ0v) is 13.6. The van der Waals surface area contributed by atoms with Crippen LogP contribution in [0.25, 0.3) is 0 Å². The second-order valence-electron chi connectivity index (χ2n) is 6.88. The lowest BCUT2D eigenvalue weighted by Gasteiger charge is -2.29. The molecule has 1 fully saturated rings. The number of ether oxygens (including phenoxy) is 1.